The molecule has 1 aromatic heterocycles. The zero-order valence-electron chi connectivity index (χ0n) is 17.2. The van der Waals surface area contributed by atoms with E-state index in [1.165, 1.54) is 6.42 Å². The van der Waals surface area contributed by atoms with E-state index in [9.17, 15) is 5.26 Å². The number of rotatable bonds is 6. The van der Waals surface area contributed by atoms with Gasteiger partial charge in [-0.15, -0.1) is 24.8 Å². The number of nitriles is 1. The number of halogens is 2. The van der Waals surface area contributed by atoms with E-state index in [0.717, 1.165) is 55.1 Å². The minimum Gasteiger partial charge on any atom is -0.355 e. The van der Waals surface area contributed by atoms with Crippen LogP contribution in [0.15, 0.2) is 24.3 Å². The summed E-state index contributed by atoms with van der Waals surface area (Å²) in [5.41, 5.74) is 3.52. The SMILES string of the molecule is CCCc1cc(N2CCCC(NC)C2)nc(Nc2ccc(C)c(C#N)c2)n1.Cl.Cl. The molecule has 0 aliphatic carbocycles. The molecule has 0 radical (unpaired) electrons. The number of hydrogen-bond donors (Lipinski definition) is 2. The molecule has 0 bridgehead atoms. The van der Waals surface area contributed by atoms with Gasteiger partial charge in [-0.1, -0.05) is 19.4 Å². The third-order valence-corrected chi connectivity index (χ3v) is 5.04. The quantitative estimate of drug-likeness (QED) is 0.698. The van der Waals surface area contributed by atoms with E-state index in [2.05, 4.69) is 39.6 Å². The molecule has 1 aromatic carbocycles. The van der Waals surface area contributed by atoms with Crippen LogP contribution in [0.1, 0.15) is 43.0 Å². The molecule has 1 fully saturated rings. The van der Waals surface area contributed by atoms with Gasteiger partial charge in [0.05, 0.1) is 11.6 Å². The number of aromatic nitrogens is 2. The van der Waals surface area contributed by atoms with Gasteiger partial charge in [-0.05, 0) is 50.9 Å². The first kappa shape index (κ1) is 25.0. The summed E-state index contributed by atoms with van der Waals surface area (Å²) in [5.74, 6) is 1.57. The smallest absolute Gasteiger partial charge is 0.229 e. The van der Waals surface area contributed by atoms with Crippen LogP contribution in [-0.2, 0) is 6.42 Å². The molecule has 6 nitrogen and oxygen atoms in total. The molecule has 0 saturated carbocycles. The Morgan fingerprint density at radius 3 is 2.72 bits per heavy atom. The van der Waals surface area contributed by atoms with Gasteiger partial charge in [0, 0.05) is 36.6 Å². The first-order valence-electron chi connectivity index (χ1n) is 9.71. The van der Waals surface area contributed by atoms with Crippen molar-refractivity contribution in [2.45, 2.75) is 45.6 Å². The van der Waals surface area contributed by atoms with Gasteiger partial charge in [0.25, 0.3) is 0 Å². The highest BCUT2D eigenvalue weighted by Crippen LogP contribution is 2.23. The molecule has 3 rings (SSSR count). The Morgan fingerprint density at radius 2 is 2.03 bits per heavy atom. The summed E-state index contributed by atoms with van der Waals surface area (Å²) in [6.07, 6.45) is 4.32. The van der Waals surface area contributed by atoms with Crippen molar-refractivity contribution in [3.8, 4) is 6.07 Å². The van der Waals surface area contributed by atoms with Crippen molar-refractivity contribution in [1.29, 1.82) is 5.26 Å². The molecule has 1 atom stereocenters. The maximum Gasteiger partial charge on any atom is 0.229 e. The van der Waals surface area contributed by atoms with Gasteiger partial charge in [-0.2, -0.15) is 10.2 Å². The van der Waals surface area contributed by atoms with Gasteiger partial charge in [-0.25, -0.2) is 4.98 Å². The fraction of sp³-hybridized carbons (Fsp3) is 0.476. The molecule has 0 spiro atoms. The molecule has 0 amide bonds. The molecule has 1 unspecified atom stereocenters. The van der Waals surface area contributed by atoms with Crippen LogP contribution in [0.2, 0.25) is 0 Å². The van der Waals surface area contributed by atoms with E-state index < -0.39 is 0 Å². The molecule has 2 aromatic rings. The van der Waals surface area contributed by atoms with Gasteiger partial charge < -0.3 is 15.5 Å². The lowest BCUT2D eigenvalue weighted by Crippen LogP contribution is -2.44. The van der Waals surface area contributed by atoms with Crippen LogP contribution < -0.4 is 15.5 Å². The highest BCUT2D eigenvalue weighted by atomic mass is 35.5. The van der Waals surface area contributed by atoms with Crippen LogP contribution in [0, 0.1) is 18.3 Å². The van der Waals surface area contributed by atoms with Crippen molar-refractivity contribution in [3.05, 3.63) is 41.1 Å². The molecule has 29 heavy (non-hydrogen) atoms. The fourth-order valence-electron chi connectivity index (χ4n) is 3.46. The topological polar surface area (TPSA) is 76.9 Å². The van der Waals surface area contributed by atoms with Crippen molar-refractivity contribution in [2.24, 2.45) is 0 Å². The number of nitrogens with one attached hydrogen (secondary N) is 2. The van der Waals surface area contributed by atoms with E-state index in [0.29, 0.717) is 17.6 Å². The summed E-state index contributed by atoms with van der Waals surface area (Å²) in [6, 6.07) is 10.6. The molecule has 1 aliphatic heterocycles. The number of nitrogens with zero attached hydrogens (tertiary/aromatic N) is 4. The lowest BCUT2D eigenvalue weighted by Gasteiger charge is -2.33. The molecule has 1 aliphatic rings. The van der Waals surface area contributed by atoms with Crippen molar-refractivity contribution in [2.75, 3.05) is 30.4 Å². The molecular formula is C21H30Cl2N6. The zero-order chi connectivity index (χ0) is 19.2. The first-order chi connectivity index (χ1) is 13.1. The maximum atomic E-state index is 9.26. The molecule has 1 saturated heterocycles. The molecule has 158 valence electrons. The monoisotopic (exact) mass is 436 g/mol. The maximum absolute atomic E-state index is 9.26. The Hall–Kier alpha value is -2.07. The van der Waals surface area contributed by atoms with Gasteiger partial charge in [0.1, 0.15) is 5.82 Å². The standard InChI is InChI=1S/C21H28N6.2ClH/c1-4-6-17-12-20(27-10-5-7-19(14-27)23-3)26-21(24-17)25-18-9-8-15(2)16(11-18)13-22;;/h8-9,11-12,19,23H,4-7,10,14H2,1-3H3,(H,24,25,26);2*1H. The van der Waals surface area contributed by atoms with Crippen molar-refractivity contribution < 1.29 is 0 Å². The minimum absolute atomic E-state index is 0. The first-order valence-corrected chi connectivity index (χ1v) is 9.71. The Balaban J connectivity index is 0.00000210. The highest BCUT2D eigenvalue weighted by molar-refractivity contribution is 5.85. The third kappa shape index (κ3) is 6.46. The zero-order valence-corrected chi connectivity index (χ0v) is 18.9. The van der Waals surface area contributed by atoms with E-state index >= 15 is 0 Å². The van der Waals surface area contributed by atoms with Crippen LogP contribution >= 0.6 is 24.8 Å². The Morgan fingerprint density at radius 1 is 1.24 bits per heavy atom. The van der Waals surface area contributed by atoms with Crippen LogP contribution in [0.4, 0.5) is 17.5 Å². The summed E-state index contributed by atoms with van der Waals surface area (Å²) in [5, 5.41) is 15.9. The second-order valence-corrected chi connectivity index (χ2v) is 7.13. The molecule has 8 heteroatoms. The Labute approximate surface area is 185 Å². The van der Waals surface area contributed by atoms with Crippen LogP contribution in [0.3, 0.4) is 0 Å². The fourth-order valence-corrected chi connectivity index (χ4v) is 3.46. The number of hydrogen-bond acceptors (Lipinski definition) is 6. The van der Waals surface area contributed by atoms with Gasteiger partial charge in [-0.3, -0.25) is 0 Å². The number of piperidine rings is 1. The predicted octanol–water partition coefficient (Wildman–Crippen LogP) is 4.38. The van der Waals surface area contributed by atoms with Crippen LogP contribution in [0.5, 0.6) is 0 Å². The predicted molar refractivity (Wildman–Crippen MR) is 124 cm³/mol. The molecular weight excluding hydrogens is 407 g/mol. The van der Waals surface area contributed by atoms with Gasteiger partial charge >= 0.3 is 0 Å². The van der Waals surface area contributed by atoms with Crippen molar-refractivity contribution in [1.82, 2.24) is 15.3 Å². The van der Waals surface area contributed by atoms with Crippen LogP contribution in [-0.4, -0.2) is 36.1 Å². The number of likely N-dealkylation sites (N-methyl/N-ethyl adjacent to an activating group) is 1. The van der Waals surface area contributed by atoms with Crippen molar-refractivity contribution in [3.63, 3.8) is 0 Å². The minimum atomic E-state index is 0. The lowest BCUT2D eigenvalue weighted by molar-refractivity contribution is 0.447. The summed E-state index contributed by atoms with van der Waals surface area (Å²) in [7, 11) is 2.02. The second kappa shape index (κ2) is 11.8. The summed E-state index contributed by atoms with van der Waals surface area (Å²) < 4.78 is 0. The van der Waals surface area contributed by atoms with Gasteiger partial charge in [0.2, 0.25) is 5.95 Å². The van der Waals surface area contributed by atoms with Crippen molar-refractivity contribution >= 4 is 42.3 Å². The summed E-state index contributed by atoms with van der Waals surface area (Å²) >= 11 is 0. The Kier molecular flexibility index (Phi) is 10.2. The number of aryl methyl sites for hydroxylation is 2. The summed E-state index contributed by atoms with van der Waals surface area (Å²) in [6.45, 7) is 6.07. The van der Waals surface area contributed by atoms with E-state index in [-0.39, 0.29) is 24.8 Å². The summed E-state index contributed by atoms with van der Waals surface area (Å²) in [4.78, 5) is 11.8. The van der Waals surface area contributed by atoms with E-state index in [1.807, 2.05) is 32.2 Å². The van der Waals surface area contributed by atoms with E-state index in [4.69, 9.17) is 4.98 Å². The average Bonchev–Trinajstić information content (AvgIpc) is 2.69. The normalized spacial score (nSPS) is 15.7. The number of benzene rings is 1. The average molecular weight is 437 g/mol. The van der Waals surface area contributed by atoms with E-state index in [1.54, 1.807) is 0 Å². The van der Waals surface area contributed by atoms with Gasteiger partial charge in [0.15, 0.2) is 0 Å². The van der Waals surface area contributed by atoms with Crippen LogP contribution in [0.25, 0.3) is 0 Å². The number of anilines is 3. The molecule has 2 N–H and O–H groups in total. The molecule has 2 heterocycles. The lowest BCUT2D eigenvalue weighted by atomic mass is 10.1. The highest BCUT2D eigenvalue weighted by Gasteiger charge is 2.20. The largest absolute Gasteiger partial charge is 0.355 e. The second-order valence-electron chi connectivity index (χ2n) is 7.13. The Bertz CT molecular complexity index is 836. The third-order valence-electron chi connectivity index (χ3n) is 5.04.